The standard InChI is InChI=1S/C21H22FN3O2/c1-14(23-13-12-16-4-10-19(27-3)11-5-16)20-15(2)24-25(21(20)26)18-8-6-17(22)7-9-18/h4-11,24H,12-13H2,1-3H3. The second-order valence-electron chi connectivity index (χ2n) is 6.29. The van der Waals surface area contributed by atoms with Crippen molar-refractivity contribution in [3.05, 3.63) is 81.5 Å². The summed E-state index contributed by atoms with van der Waals surface area (Å²) < 4.78 is 19.7. The fourth-order valence-corrected chi connectivity index (χ4v) is 2.97. The van der Waals surface area contributed by atoms with Crippen molar-refractivity contribution in [2.45, 2.75) is 20.3 Å². The molecule has 140 valence electrons. The number of rotatable bonds is 6. The normalized spacial score (nSPS) is 11.6. The molecule has 1 N–H and O–H groups in total. The molecule has 3 rings (SSSR count). The molecule has 1 heterocycles. The molecule has 0 fully saturated rings. The number of nitrogens with one attached hydrogen (secondary N) is 1. The van der Waals surface area contributed by atoms with Gasteiger partial charge in [0, 0.05) is 18.0 Å². The molecule has 6 heteroatoms. The van der Waals surface area contributed by atoms with Gasteiger partial charge in [0.2, 0.25) is 0 Å². The lowest BCUT2D eigenvalue weighted by Crippen LogP contribution is -2.20. The highest BCUT2D eigenvalue weighted by atomic mass is 19.1. The first kappa shape index (κ1) is 18.6. The van der Waals surface area contributed by atoms with Crippen molar-refractivity contribution in [1.29, 1.82) is 0 Å². The van der Waals surface area contributed by atoms with Crippen LogP contribution >= 0.6 is 0 Å². The van der Waals surface area contributed by atoms with Crippen LogP contribution in [0.15, 0.2) is 58.3 Å². The number of nitrogens with zero attached hydrogens (tertiary/aromatic N) is 2. The van der Waals surface area contributed by atoms with E-state index in [2.05, 4.69) is 10.1 Å². The van der Waals surface area contributed by atoms with Gasteiger partial charge in [0.1, 0.15) is 11.6 Å². The van der Waals surface area contributed by atoms with Crippen molar-refractivity contribution < 1.29 is 9.13 Å². The van der Waals surface area contributed by atoms with Gasteiger partial charge in [-0.2, -0.15) is 0 Å². The van der Waals surface area contributed by atoms with Crippen molar-refractivity contribution in [3.63, 3.8) is 0 Å². The Kier molecular flexibility index (Phi) is 5.54. The topological polar surface area (TPSA) is 59.4 Å². The zero-order valence-electron chi connectivity index (χ0n) is 15.6. The number of hydrogen-bond donors (Lipinski definition) is 1. The minimum atomic E-state index is -0.341. The molecule has 2 aromatic carbocycles. The van der Waals surface area contributed by atoms with Crippen molar-refractivity contribution in [1.82, 2.24) is 9.78 Å². The first-order valence-corrected chi connectivity index (χ1v) is 8.71. The molecule has 1 aromatic heterocycles. The summed E-state index contributed by atoms with van der Waals surface area (Å²) in [4.78, 5) is 17.3. The van der Waals surface area contributed by atoms with E-state index in [9.17, 15) is 9.18 Å². The van der Waals surface area contributed by atoms with E-state index >= 15 is 0 Å². The van der Waals surface area contributed by atoms with Crippen LogP contribution in [0.2, 0.25) is 0 Å². The number of H-pyrrole nitrogens is 1. The second-order valence-corrected chi connectivity index (χ2v) is 6.29. The third-order valence-corrected chi connectivity index (χ3v) is 4.43. The SMILES string of the molecule is COc1ccc(CCN=C(C)c2c(C)[nH]n(-c3ccc(F)cc3)c2=O)cc1. The Labute approximate surface area is 157 Å². The highest BCUT2D eigenvalue weighted by molar-refractivity contribution is 5.99. The number of aliphatic imine (C=N–C) groups is 1. The quantitative estimate of drug-likeness (QED) is 0.676. The zero-order chi connectivity index (χ0) is 19.4. The third-order valence-electron chi connectivity index (χ3n) is 4.43. The van der Waals surface area contributed by atoms with Gasteiger partial charge in [0.15, 0.2) is 0 Å². The molecule has 0 unspecified atom stereocenters. The number of aromatic amines is 1. The lowest BCUT2D eigenvalue weighted by Gasteiger charge is -2.03. The van der Waals surface area contributed by atoms with Crippen molar-refractivity contribution in [3.8, 4) is 11.4 Å². The summed E-state index contributed by atoms with van der Waals surface area (Å²) in [6.07, 6.45) is 0.775. The third kappa shape index (κ3) is 4.16. The molecule has 5 nitrogen and oxygen atoms in total. The number of benzene rings is 2. The van der Waals surface area contributed by atoms with Crippen LogP contribution < -0.4 is 10.3 Å². The van der Waals surface area contributed by atoms with Gasteiger partial charge in [-0.3, -0.25) is 14.9 Å². The van der Waals surface area contributed by atoms with Gasteiger partial charge in [0.05, 0.1) is 18.4 Å². The molecule has 0 spiro atoms. The molecule has 0 saturated heterocycles. The predicted molar refractivity (Wildman–Crippen MR) is 105 cm³/mol. The highest BCUT2D eigenvalue weighted by Gasteiger charge is 2.14. The monoisotopic (exact) mass is 367 g/mol. The number of ether oxygens (including phenoxy) is 1. The average Bonchev–Trinajstić information content (AvgIpc) is 2.97. The van der Waals surface area contributed by atoms with Crippen LogP contribution in [-0.2, 0) is 6.42 Å². The van der Waals surface area contributed by atoms with Gasteiger partial charge in [0.25, 0.3) is 5.56 Å². The first-order valence-electron chi connectivity index (χ1n) is 8.71. The minimum absolute atomic E-state index is 0.190. The summed E-state index contributed by atoms with van der Waals surface area (Å²) in [5.74, 6) is 0.481. The Hall–Kier alpha value is -3.15. The van der Waals surface area contributed by atoms with E-state index < -0.39 is 0 Å². The number of methoxy groups -OCH3 is 1. The van der Waals surface area contributed by atoms with E-state index in [1.54, 1.807) is 19.2 Å². The van der Waals surface area contributed by atoms with Crippen LogP contribution in [0.3, 0.4) is 0 Å². The number of halogens is 1. The van der Waals surface area contributed by atoms with E-state index in [1.165, 1.54) is 16.8 Å². The van der Waals surface area contributed by atoms with Crippen molar-refractivity contribution in [2.24, 2.45) is 4.99 Å². The summed E-state index contributed by atoms with van der Waals surface area (Å²) in [5, 5.41) is 3.04. The average molecular weight is 367 g/mol. The van der Waals surface area contributed by atoms with Crippen LogP contribution in [-0.4, -0.2) is 29.1 Å². The molecule has 0 amide bonds. The number of aromatic nitrogens is 2. The molecule has 0 aliphatic carbocycles. The van der Waals surface area contributed by atoms with E-state index in [4.69, 9.17) is 4.74 Å². The Morgan fingerprint density at radius 1 is 1.15 bits per heavy atom. The first-order chi connectivity index (χ1) is 13.0. The Morgan fingerprint density at radius 2 is 1.81 bits per heavy atom. The second kappa shape index (κ2) is 8.03. The molecule has 0 saturated carbocycles. The van der Waals surface area contributed by atoms with E-state index in [0.29, 0.717) is 23.5 Å². The fourth-order valence-electron chi connectivity index (χ4n) is 2.97. The maximum Gasteiger partial charge on any atom is 0.280 e. The number of hydrogen-bond acceptors (Lipinski definition) is 3. The Morgan fingerprint density at radius 3 is 2.44 bits per heavy atom. The molecule has 0 bridgehead atoms. The van der Waals surface area contributed by atoms with E-state index in [-0.39, 0.29) is 11.4 Å². The number of aryl methyl sites for hydroxylation is 1. The van der Waals surface area contributed by atoms with Gasteiger partial charge >= 0.3 is 0 Å². The minimum Gasteiger partial charge on any atom is -0.497 e. The van der Waals surface area contributed by atoms with Gasteiger partial charge in [-0.15, -0.1) is 0 Å². The molecule has 3 aromatic rings. The van der Waals surface area contributed by atoms with Gasteiger partial charge in [-0.25, -0.2) is 9.07 Å². The van der Waals surface area contributed by atoms with E-state index in [0.717, 1.165) is 23.4 Å². The lowest BCUT2D eigenvalue weighted by molar-refractivity contribution is 0.414. The fraction of sp³-hybridized carbons (Fsp3) is 0.238. The largest absolute Gasteiger partial charge is 0.497 e. The predicted octanol–water partition coefficient (Wildman–Crippen LogP) is 3.67. The molecule has 0 atom stereocenters. The van der Waals surface area contributed by atoms with Gasteiger partial charge in [-0.1, -0.05) is 12.1 Å². The summed E-state index contributed by atoms with van der Waals surface area (Å²) in [6.45, 7) is 4.25. The Bertz CT molecular complexity index is 999. The maximum atomic E-state index is 13.1. The maximum absolute atomic E-state index is 13.1. The van der Waals surface area contributed by atoms with Gasteiger partial charge < -0.3 is 4.74 Å². The van der Waals surface area contributed by atoms with Gasteiger partial charge in [-0.05, 0) is 62.2 Å². The molecule has 0 radical (unpaired) electrons. The molecule has 27 heavy (non-hydrogen) atoms. The zero-order valence-corrected chi connectivity index (χ0v) is 15.6. The smallest absolute Gasteiger partial charge is 0.280 e. The summed E-state index contributed by atoms with van der Waals surface area (Å²) >= 11 is 0. The molecular weight excluding hydrogens is 345 g/mol. The van der Waals surface area contributed by atoms with Crippen LogP contribution in [0.4, 0.5) is 4.39 Å². The van der Waals surface area contributed by atoms with Crippen molar-refractivity contribution in [2.75, 3.05) is 13.7 Å². The van der Waals surface area contributed by atoms with E-state index in [1.807, 2.05) is 38.1 Å². The van der Waals surface area contributed by atoms with Crippen molar-refractivity contribution >= 4 is 5.71 Å². The summed E-state index contributed by atoms with van der Waals surface area (Å²) in [6, 6.07) is 13.6. The molecular formula is C21H22FN3O2. The highest BCUT2D eigenvalue weighted by Crippen LogP contribution is 2.12. The molecule has 0 aliphatic rings. The van der Waals surface area contributed by atoms with Crippen LogP contribution in [0.1, 0.15) is 23.7 Å². The van der Waals surface area contributed by atoms with Crippen LogP contribution in [0, 0.1) is 12.7 Å². The molecule has 0 aliphatic heterocycles. The Balaban J connectivity index is 1.77. The summed E-state index contributed by atoms with van der Waals surface area (Å²) in [5.41, 5.74) is 3.51. The van der Waals surface area contributed by atoms with Crippen LogP contribution in [0.5, 0.6) is 5.75 Å². The van der Waals surface area contributed by atoms with Crippen LogP contribution in [0.25, 0.3) is 5.69 Å². The lowest BCUT2D eigenvalue weighted by atomic mass is 10.1. The summed E-state index contributed by atoms with van der Waals surface area (Å²) in [7, 11) is 1.64.